The van der Waals surface area contributed by atoms with Gasteiger partial charge in [-0.05, 0) is 31.9 Å². The van der Waals surface area contributed by atoms with Gasteiger partial charge in [-0.2, -0.15) is 0 Å². The van der Waals surface area contributed by atoms with Crippen LogP contribution in [0.2, 0.25) is 0 Å². The third kappa shape index (κ3) is 3.89. The number of aromatic nitrogens is 3. The number of para-hydroxylation sites is 1. The first-order valence-corrected chi connectivity index (χ1v) is 10.2. The summed E-state index contributed by atoms with van der Waals surface area (Å²) in [5.74, 6) is 1.36. The average molecular weight is 399 g/mol. The Balaban J connectivity index is 1.60. The molecular weight excluding hydrogens is 378 g/mol. The van der Waals surface area contributed by atoms with Crippen LogP contribution < -0.4 is 10.6 Å². The maximum absolute atomic E-state index is 12.2. The van der Waals surface area contributed by atoms with Crippen LogP contribution in [0.15, 0.2) is 46.8 Å². The maximum Gasteiger partial charge on any atom is 0.337 e. The number of nitrogens with one attached hydrogen (secondary N) is 2. The molecule has 0 spiro atoms. The van der Waals surface area contributed by atoms with Gasteiger partial charge in [0, 0.05) is 23.1 Å². The fourth-order valence-corrected chi connectivity index (χ4v) is 3.95. The highest BCUT2D eigenvalue weighted by molar-refractivity contribution is 7.99. The van der Waals surface area contributed by atoms with Gasteiger partial charge in [0.15, 0.2) is 5.16 Å². The van der Waals surface area contributed by atoms with Gasteiger partial charge in [0.1, 0.15) is 5.82 Å². The number of carbonyl (C=O) groups excluding carboxylic acids is 2. The molecule has 0 radical (unpaired) electrons. The zero-order valence-corrected chi connectivity index (χ0v) is 16.3. The van der Waals surface area contributed by atoms with Crippen LogP contribution in [0.5, 0.6) is 0 Å². The lowest BCUT2D eigenvalue weighted by atomic mass is 10.2. The monoisotopic (exact) mass is 399 g/mol. The average Bonchev–Trinajstić information content (AvgIpc) is 3.46. The van der Waals surface area contributed by atoms with Crippen molar-refractivity contribution in [3.63, 3.8) is 0 Å². The van der Waals surface area contributed by atoms with Crippen molar-refractivity contribution in [3.05, 3.63) is 47.4 Å². The van der Waals surface area contributed by atoms with E-state index in [1.807, 2.05) is 30.3 Å². The van der Waals surface area contributed by atoms with E-state index in [9.17, 15) is 9.59 Å². The summed E-state index contributed by atoms with van der Waals surface area (Å²) in [5.41, 5.74) is 1.98. The molecule has 9 heteroatoms. The Morgan fingerprint density at radius 1 is 1.29 bits per heavy atom. The molecule has 2 aromatic rings. The van der Waals surface area contributed by atoms with Crippen LogP contribution in [0.3, 0.4) is 0 Å². The van der Waals surface area contributed by atoms with Crippen LogP contribution in [0.1, 0.15) is 31.5 Å². The van der Waals surface area contributed by atoms with Gasteiger partial charge < -0.3 is 15.4 Å². The Labute approximate surface area is 166 Å². The van der Waals surface area contributed by atoms with Crippen LogP contribution in [0.25, 0.3) is 5.69 Å². The molecule has 0 atom stereocenters. The summed E-state index contributed by atoms with van der Waals surface area (Å²) >= 11 is 1.44. The Morgan fingerprint density at radius 3 is 2.79 bits per heavy atom. The van der Waals surface area contributed by atoms with E-state index in [0.717, 1.165) is 29.5 Å². The number of amides is 2. The number of nitrogens with zero attached hydrogens (tertiary/aromatic N) is 3. The summed E-state index contributed by atoms with van der Waals surface area (Å²) in [6.07, 6.45) is 2.24. The van der Waals surface area contributed by atoms with Crippen LogP contribution in [0.4, 0.5) is 4.79 Å². The van der Waals surface area contributed by atoms with Crippen molar-refractivity contribution in [1.82, 2.24) is 25.4 Å². The predicted molar refractivity (Wildman–Crippen MR) is 104 cm³/mol. The summed E-state index contributed by atoms with van der Waals surface area (Å²) in [6.45, 7) is 2.19. The zero-order chi connectivity index (χ0) is 19.5. The van der Waals surface area contributed by atoms with Crippen molar-refractivity contribution in [2.45, 2.75) is 30.8 Å². The van der Waals surface area contributed by atoms with Crippen molar-refractivity contribution in [2.75, 3.05) is 18.9 Å². The fraction of sp³-hybridized carbons (Fsp3) is 0.368. The molecule has 1 aromatic heterocycles. The summed E-state index contributed by atoms with van der Waals surface area (Å²) in [6, 6.07) is 9.65. The first-order valence-electron chi connectivity index (χ1n) is 9.25. The van der Waals surface area contributed by atoms with Crippen molar-refractivity contribution in [3.8, 4) is 5.69 Å². The van der Waals surface area contributed by atoms with Crippen LogP contribution >= 0.6 is 11.8 Å². The van der Waals surface area contributed by atoms with Gasteiger partial charge >= 0.3 is 12.0 Å². The SMILES string of the molecule is CCOC(=O)C1=C(CSc2nnc(C3CC3)n2-c2ccccc2)NC(=O)NC1. The zero-order valence-electron chi connectivity index (χ0n) is 15.5. The second kappa shape index (κ2) is 8.05. The van der Waals surface area contributed by atoms with Gasteiger partial charge in [0.2, 0.25) is 0 Å². The second-order valence-electron chi connectivity index (χ2n) is 6.56. The van der Waals surface area contributed by atoms with E-state index in [1.54, 1.807) is 6.92 Å². The van der Waals surface area contributed by atoms with E-state index >= 15 is 0 Å². The van der Waals surface area contributed by atoms with Gasteiger partial charge in [0.05, 0.1) is 18.7 Å². The first kappa shape index (κ1) is 18.5. The molecule has 1 aliphatic heterocycles. The number of carbonyl (C=O) groups is 2. The molecule has 4 rings (SSSR count). The number of hydrogen-bond acceptors (Lipinski definition) is 6. The third-order valence-corrected chi connectivity index (χ3v) is 5.49. The lowest BCUT2D eigenvalue weighted by Gasteiger charge is -2.21. The highest BCUT2D eigenvalue weighted by Gasteiger charge is 2.31. The summed E-state index contributed by atoms with van der Waals surface area (Å²) in [4.78, 5) is 24.0. The summed E-state index contributed by atoms with van der Waals surface area (Å²) in [5, 5.41) is 14.8. The molecule has 1 aromatic carbocycles. The Bertz CT molecular complexity index is 921. The number of esters is 1. The molecule has 2 N–H and O–H groups in total. The molecule has 8 nitrogen and oxygen atoms in total. The van der Waals surface area contributed by atoms with Gasteiger partial charge in [-0.3, -0.25) is 4.57 Å². The molecule has 0 bridgehead atoms. The quantitative estimate of drug-likeness (QED) is 0.548. The molecular formula is C19H21N5O3S. The van der Waals surface area contributed by atoms with E-state index in [-0.39, 0.29) is 19.2 Å². The minimum atomic E-state index is -0.422. The molecule has 146 valence electrons. The molecule has 2 amide bonds. The normalized spacial score (nSPS) is 16.5. The Morgan fingerprint density at radius 2 is 2.07 bits per heavy atom. The molecule has 0 saturated heterocycles. The smallest absolute Gasteiger partial charge is 0.337 e. The highest BCUT2D eigenvalue weighted by atomic mass is 32.2. The molecule has 1 aliphatic carbocycles. The fourth-order valence-electron chi connectivity index (χ4n) is 3.01. The number of hydrogen-bond donors (Lipinski definition) is 2. The van der Waals surface area contributed by atoms with E-state index in [0.29, 0.717) is 22.9 Å². The molecule has 1 fully saturated rings. The topological polar surface area (TPSA) is 98.1 Å². The molecule has 0 unspecified atom stereocenters. The van der Waals surface area contributed by atoms with Gasteiger partial charge in [-0.1, -0.05) is 30.0 Å². The molecule has 2 aliphatic rings. The van der Waals surface area contributed by atoms with E-state index in [1.165, 1.54) is 11.8 Å². The van der Waals surface area contributed by atoms with E-state index in [2.05, 4.69) is 25.4 Å². The van der Waals surface area contributed by atoms with Crippen LogP contribution in [0, 0.1) is 0 Å². The maximum atomic E-state index is 12.2. The number of thioether (sulfide) groups is 1. The van der Waals surface area contributed by atoms with Crippen molar-refractivity contribution >= 4 is 23.8 Å². The lowest BCUT2D eigenvalue weighted by Crippen LogP contribution is -2.44. The molecule has 2 heterocycles. The summed E-state index contributed by atoms with van der Waals surface area (Å²) < 4.78 is 7.17. The Kier molecular flexibility index (Phi) is 5.34. The molecule has 28 heavy (non-hydrogen) atoms. The standard InChI is InChI=1S/C19H21N5O3S/c1-2-27-17(25)14-10-20-18(26)21-15(14)11-28-19-23-22-16(12-8-9-12)24(19)13-6-4-3-5-7-13/h3-7,12H,2,8-11H2,1H3,(H2,20,21,26). The predicted octanol–water partition coefficient (Wildman–Crippen LogP) is 2.37. The largest absolute Gasteiger partial charge is 0.463 e. The van der Waals surface area contributed by atoms with Crippen molar-refractivity contribution in [1.29, 1.82) is 0 Å². The van der Waals surface area contributed by atoms with Crippen LogP contribution in [-0.4, -0.2) is 45.7 Å². The second-order valence-corrected chi connectivity index (χ2v) is 7.50. The van der Waals surface area contributed by atoms with Gasteiger partial charge in [0.25, 0.3) is 0 Å². The van der Waals surface area contributed by atoms with E-state index < -0.39 is 5.97 Å². The number of rotatable bonds is 7. The van der Waals surface area contributed by atoms with Crippen LogP contribution in [-0.2, 0) is 9.53 Å². The molecule has 1 saturated carbocycles. The Hall–Kier alpha value is -2.81. The summed E-state index contributed by atoms with van der Waals surface area (Å²) in [7, 11) is 0. The van der Waals surface area contributed by atoms with E-state index in [4.69, 9.17) is 4.74 Å². The minimum absolute atomic E-state index is 0.152. The highest BCUT2D eigenvalue weighted by Crippen LogP contribution is 2.41. The number of ether oxygens (including phenoxy) is 1. The minimum Gasteiger partial charge on any atom is -0.463 e. The number of urea groups is 1. The van der Waals surface area contributed by atoms with Gasteiger partial charge in [-0.25, -0.2) is 9.59 Å². The van der Waals surface area contributed by atoms with Crippen molar-refractivity contribution < 1.29 is 14.3 Å². The van der Waals surface area contributed by atoms with Gasteiger partial charge in [-0.15, -0.1) is 10.2 Å². The number of benzene rings is 1. The first-order chi connectivity index (χ1) is 13.7. The lowest BCUT2D eigenvalue weighted by molar-refractivity contribution is -0.138. The third-order valence-electron chi connectivity index (χ3n) is 4.54. The van der Waals surface area contributed by atoms with Crippen molar-refractivity contribution in [2.24, 2.45) is 0 Å².